The van der Waals surface area contributed by atoms with Gasteiger partial charge in [-0.3, -0.25) is 9.89 Å². The van der Waals surface area contributed by atoms with Gasteiger partial charge in [-0.05, 0) is 76.9 Å². The van der Waals surface area contributed by atoms with Crippen LogP contribution in [0.4, 0.5) is 0 Å². The van der Waals surface area contributed by atoms with Gasteiger partial charge in [-0.1, -0.05) is 0 Å². The monoisotopic (exact) mass is 443 g/mol. The van der Waals surface area contributed by atoms with Crippen LogP contribution < -0.4 is 20.1 Å². The van der Waals surface area contributed by atoms with Gasteiger partial charge in [0.15, 0.2) is 5.96 Å². The lowest BCUT2D eigenvalue weighted by Gasteiger charge is -2.30. The van der Waals surface area contributed by atoms with Crippen LogP contribution in [0.1, 0.15) is 37.1 Å². The van der Waals surface area contributed by atoms with E-state index in [0.717, 1.165) is 80.4 Å². The molecule has 1 fully saturated rings. The largest absolute Gasteiger partial charge is 0.497 e. The predicted octanol–water partition coefficient (Wildman–Crippen LogP) is 3.15. The third-order valence-corrected chi connectivity index (χ3v) is 5.71. The van der Waals surface area contributed by atoms with Crippen LogP contribution in [0.15, 0.2) is 33.7 Å². The number of guanidine groups is 1. The first-order valence-electron chi connectivity index (χ1n) is 11.5. The van der Waals surface area contributed by atoms with Gasteiger partial charge in [0.25, 0.3) is 0 Å². The lowest BCUT2D eigenvalue weighted by molar-refractivity contribution is 0.166. The van der Waals surface area contributed by atoms with E-state index in [-0.39, 0.29) is 0 Å². The zero-order valence-electron chi connectivity index (χ0n) is 19.8. The standard InChI is InChI=1S/C24H37N5O3/c1-5-25-24(26-12-15-31-22-8-6-21(30-4)7-9-22)27-16-20-10-13-29(14-11-20)17-23-28-18(2)19(3)32-23/h6-9,20H,5,10-17H2,1-4H3,(H2,25,26,27). The van der Waals surface area contributed by atoms with E-state index in [1.54, 1.807) is 7.11 Å². The number of piperidine rings is 1. The Morgan fingerprint density at radius 2 is 1.88 bits per heavy atom. The van der Waals surface area contributed by atoms with Crippen molar-refractivity contribution in [3.63, 3.8) is 0 Å². The average molecular weight is 444 g/mol. The quantitative estimate of drug-likeness (QED) is 0.331. The molecular weight excluding hydrogens is 406 g/mol. The zero-order valence-corrected chi connectivity index (χ0v) is 19.8. The molecule has 0 bridgehead atoms. The van der Waals surface area contributed by atoms with Crippen LogP contribution in [-0.4, -0.2) is 62.3 Å². The van der Waals surface area contributed by atoms with Gasteiger partial charge in [-0.2, -0.15) is 0 Å². The molecule has 0 spiro atoms. The van der Waals surface area contributed by atoms with Crippen molar-refractivity contribution in [3.8, 4) is 11.5 Å². The number of hydrogen-bond donors (Lipinski definition) is 2. The van der Waals surface area contributed by atoms with Gasteiger partial charge in [-0.15, -0.1) is 0 Å². The number of nitrogens with zero attached hydrogens (tertiary/aromatic N) is 3. The molecule has 0 aliphatic carbocycles. The number of rotatable bonds is 10. The minimum absolute atomic E-state index is 0.564. The molecule has 8 heteroatoms. The predicted molar refractivity (Wildman–Crippen MR) is 126 cm³/mol. The van der Waals surface area contributed by atoms with Crippen LogP contribution in [-0.2, 0) is 6.54 Å². The summed E-state index contributed by atoms with van der Waals surface area (Å²) in [5, 5.41) is 6.68. The number of aryl methyl sites for hydroxylation is 2. The molecule has 1 aromatic carbocycles. The molecule has 1 saturated heterocycles. The van der Waals surface area contributed by atoms with Crippen molar-refractivity contribution in [1.29, 1.82) is 0 Å². The molecule has 0 radical (unpaired) electrons. The molecular formula is C24H37N5O3. The Morgan fingerprint density at radius 1 is 1.16 bits per heavy atom. The first-order valence-corrected chi connectivity index (χ1v) is 11.5. The number of aromatic nitrogens is 1. The average Bonchev–Trinajstić information content (AvgIpc) is 3.12. The molecule has 0 saturated carbocycles. The van der Waals surface area contributed by atoms with E-state index in [4.69, 9.17) is 18.9 Å². The van der Waals surface area contributed by atoms with Gasteiger partial charge in [0, 0.05) is 13.1 Å². The maximum atomic E-state index is 5.78. The number of nitrogens with one attached hydrogen (secondary N) is 2. The molecule has 1 aliphatic heterocycles. The van der Waals surface area contributed by atoms with Crippen LogP contribution in [0.25, 0.3) is 0 Å². The molecule has 8 nitrogen and oxygen atoms in total. The highest BCUT2D eigenvalue weighted by Gasteiger charge is 2.21. The molecule has 1 aliphatic rings. The van der Waals surface area contributed by atoms with E-state index < -0.39 is 0 Å². The Morgan fingerprint density at radius 3 is 2.50 bits per heavy atom. The molecule has 2 aromatic rings. The van der Waals surface area contributed by atoms with Crippen LogP contribution in [0.5, 0.6) is 11.5 Å². The van der Waals surface area contributed by atoms with E-state index in [1.807, 2.05) is 38.1 Å². The third-order valence-electron chi connectivity index (χ3n) is 5.71. The van der Waals surface area contributed by atoms with Crippen LogP contribution in [0, 0.1) is 19.8 Å². The van der Waals surface area contributed by atoms with Crippen LogP contribution in [0.2, 0.25) is 0 Å². The van der Waals surface area contributed by atoms with Crippen molar-refractivity contribution in [3.05, 3.63) is 41.6 Å². The first kappa shape index (κ1) is 23.9. The topological polar surface area (TPSA) is 84.2 Å². The number of likely N-dealkylation sites (tertiary alicyclic amines) is 1. The summed E-state index contributed by atoms with van der Waals surface area (Å²) in [5.74, 6) is 4.85. The summed E-state index contributed by atoms with van der Waals surface area (Å²) in [7, 11) is 1.66. The first-order chi connectivity index (χ1) is 15.6. The second kappa shape index (κ2) is 12.3. The van der Waals surface area contributed by atoms with E-state index in [0.29, 0.717) is 19.1 Å². The fourth-order valence-corrected chi connectivity index (χ4v) is 3.70. The van der Waals surface area contributed by atoms with E-state index in [1.165, 1.54) is 0 Å². The number of benzene rings is 1. The van der Waals surface area contributed by atoms with Gasteiger partial charge in [0.2, 0.25) is 5.89 Å². The maximum absolute atomic E-state index is 5.78. The molecule has 0 unspecified atom stereocenters. The second-order valence-electron chi connectivity index (χ2n) is 8.14. The van der Waals surface area contributed by atoms with Crippen molar-refractivity contribution in [1.82, 2.24) is 20.5 Å². The lowest BCUT2D eigenvalue weighted by atomic mass is 9.97. The normalized spacial score (nSPS) is 15.6. The molecule has 1 aromatic heterocycles. The smallest absolute Gasteiger partial charge is 0.208 e. The van der Waals surface area contributed by atoms with E-state index in [9.17, 15) is 0 Å². The highest BCUT2D eigenvalue weighted by molar-refractivity contribution is 5.79. The Balaban J connectivity index is 1.36. The highest BCUT2D eigenvalue weighted by Crippen LogP contribution is 2.20. The molecule has 0 atom stereocenters. The van der Waals surface area contributed by atoms with Gasteiger partial charge in [0.1, 0.15) is 23.9 Å². The Kier molecular flexibility index (Phi) is 9.22. The third kappa shape index (κ3) is 7.44. The number of hydrogen-bond acceptors (Lipinski definition) is 6. The van der Waals surface area contributed by atoms with Crippen LogP contribution in [0.3, 0.4) is 0 Å². The zero-order chi connectivity index (χ0) is 22.8. The van der Waals surface area contributed by atoms with Crippen molar-refractivity contribution < 1.29 is 13.9 Å². The number of oxazole rings is 1. The Hall–Kier alpha value is -2.74. The van der Waals surface area contributed by atoms with Crippen molar-refractivity contribution >= 4 is 5.96 Å². The second-order valence-corrected chi connectivity index (χ2v) is 8.14. The summed E-state index contributed by atoms with van der Waals surface area (Å²) in [6.45, 7) is 11.9. The van der Waals surface area contributed by atoms with Crippen molar-refractivity contribution in [2.75, 3.05) is 46.4 Å². The van der Waals surface area contributed by atoms with E-state index >= 15 is 0 Å². The molecule has 176 valence electrons. The molecule has 0 amide bonds. The SMILES string of the molecule is CCNC(=NCC1CCN(Cc2nc(C)c(C)o2)CC1)NCCOc1ccc(OC)cc1. The van der Waals surface area contributed by atoms with Crippen molar-refractivity contribution in [2.24, 2.45) is 10.9 Å². The van der Waals surface area contributed by atoms with Gasteiger partial charge >= 0.3 is 0 Å². The van der Waals surface area contributed by atoms with Gasteiger partial charge in [0.05, 0.1) is 25.9 Å². The minimum atomic E-state index is 0.564. The fourth-order valence-electron chi connectivity index (χ4n) is 3.70. The fraction of sp³-hybridized carbons (Fsp3) is 0.583. The molecule has 2 heterocycles. The minimum Gasteiger partial charge on any atom is -0.497 e. The summed E-state index contributed by atoms with van der Waals surface area (Å²) in [4.78, 5) is 11.7. The highest BCUT2D eigenvalue weighted by atomic mass is 16.5. The summed E-state index contributed by atoms with van der Waals surface area (Å²) >= 11 is 0. The Bertz CT molecular complexity index is 822. The summed E-state index contributed by atoms with van der Waals surface area (Å²) in [5.41, 5.74) is 0.988. The van der Waals surface area contributed by atoms with Crippen LogP contribution >= 0.6 is 0 Å². The number of aliphatic imine (C=N–C) groups is 1. The molecule has 2 N–H and O–H groups in total. The molecule has 32 heavy (non-hydrogen) atoms. The maximum Gasteiger partial charge on any atom is 0.208 e. The lowest BCUT2D eigenvalue weighted by Crippen LogP contribution is -2.40. The summed E-state index contributed by atoms with van der Waals surface area (Å²) in [6.07, 6.45) is 2.28. The Labute approximate surface area is 191 Å². The molecule has 3 rings (SSSR count). The summed E-state index contributed by atoms with van der Waals surface area (Å²) in [6, 6.07) is 7.61. The summed E-state index contributed by atoms with van der Waals surface area (Å²) < 4.78 is 16.7. The number of ether oxygens (including phenoxy) is 2. The number of methoxy groups -OCH3 is 1. The van der Waals surface area contributed by atoms with Crippen molar-refractivity contribution in [2.45, 2.75) is 40.2 Å². The van der Waals surface area contributed by atoms with Gasteiger partial charge < -0.3 is 24.5 Å². The van der Waals surface area contributed by atoms with Gasteiger partial charge in [-0.25, -0.2) is 4.98 Å². The van der Waals surface area contributed by atoms with E-state index in [2.05, 4.69) is 27.4 Å².